The number of esters is 1. The van der Waals surface area contributed by atoms with E-state index in [4.69, 9.17) is 4.74 Å². The molecule has 1 aromatic rings. The molecule has 7 heteroatoms. The summed E-state index contributed by atoms with van der Waals surface area (Å²) in [5, 5.41) is 0. The molecule has 0 bridgehead atoms. The summed E-state index contributed by atoms with van der Waals surface area (Å²) in [6.07, 6.45) is 4.02. The smallest absolute Gasteiger partial charge is 0.331 e. The zero-order chi connectivity index (χ0) is 19.2. The van der Waals surface area contributed by atoms with E-state index < -0.39 is 22.4 Å². The number of sulfone groups is 1. The molecule has 1 fully saturated rings. The lowest BCUT2D eigenvalue weighted by Crippen LogP contribution is -2.48. The van der Waals surface area contributed by atoms with E-state index in [1.165, 1.54) is 6.08 Å². The van der Waals surface area contributed by atoms with Crippen molar-refractivity contribution in [2.45, 2.75) is 38.8 Å². The van der Waals surface area contributed by atoms with Crippen molar-refractivity contribution in [3.63, 3.8) is 0 Å². The summed E-state index contributed by atoms with van der Waals surface area (Å²) >= 11 is 0. The first-order valence-electron chi connectivity index (χ1n) is 8.74. The molecule has 1 amide bonds. The molecule has 142 valence electrons. The van der Waals surface area contributed by atoms with Crippen LogP contribution in [0.15, 0.2) is 36.4 Å². The number of rotatable bonds is 7. The predicted octanol–water partition coefficient (Wildman–Crippen LogP) is 2.06. The molecular weight excluding hydrogens is 354 g/mol. The summed E-state index contributed by atoms with van der Waals surface area (Å²) in [6, 6.07) is 8.82. The molecule has 1 aliphatic rings. The zero-order valence-electron chi connectivity index (χ0n) is 15.1. The number of carbonyl (C=O) groups is 2. The van der Waals surface area contributed by atoms with Crippen molar-refractivity contribution in [3.05, 3.63) is 42.0 Å². The van der Waals surface area contributed by atoms with E-state index in [1.54, 1.807) is 11.0 Å². The Kier molecular flexibility index (Phi) is 6.97. The Morgan fingerprint density at radius 2 is 2.00 bits per heavy atom. The third kappa shape index (κ3) is 5.69. The van der Waals surface area contributed by atoms with Crippen LogP contribution in [0.4, 0.5) is 0 Å². The van der Waals surface area contributed by atoms with Gasteiger partial charge in [-0.15, -0.1) is 0 Å². The topological polar surface area (TPSA) is 80.8 Å². The first kappa shape index (κ1) is 20.2. The molecule has 0 unspecified atom stereocenters. The average Bonchev–Trinajstić information content (AvgIpc) is 2.98. The fourth-order valence-corrected chi connectivity index (χ4v) is 4.70. The molecular formula is C19H25NO5S. The fraction of sp³-hybridized carbons (Fsp3) is 0.474. The summed E-state index contributed by atoms with van der Waals surface area (Å²) in [5.74, 6) is -0.893. The first-order chi connectivity index (χ1) is 12.3. The van der Waals surface area contributed by atoms with Gasteiger partial charge in [0.05, 0.1) is 11.5 Å². The lowest BCUT2D eigenvalue weighted by Gasteiger charge is -2.33. The van der Waals surface area contributed by atoms with Gasteiger partial charge in [0.25, 0.3) is 5.91 Å². The van der Waals surface area contributed by atoms with Gasteiger partial charge in [0, 0.05) is 18.2 Å². The maximum atomic E-state index is 12.6. The first-order valence-corrected chi connectivity index (χ1v) is 10.6. The summed E-state index contributed by atoms with van der Waals surface area (Å²) in [7, 11) is -3.10. The summed E-state index contributed by atoms with van der Waals surface area (Å²) < 4.78 is 28.5. The maximum absolute atomic E-state index is 12.6. The number of hydrogen-bond acceptors (Lipinski definition) is 5. The Labute approximate surface area is 154 Å². The van der Waals surface area contributed by atoms with Gasteiger partial charge in [0.2, 0.25) is 0 Å². The molecule has 2 rings (SSSR count). The van der Waals surface area contributed by atoms with Gasteiger partial charge in [0.15, 0.2) is 16.4 Å². The van der Waals surface area contributed by atoms with Crippen molar-refractivity contribution in [1.29, 1.82) is 0 Å². The SMILES string of the molecule is CC[C@H](C)N(C(=O)COC(=O)/C=C/c1ccccc1)[C@H]1CCS(=O)(=O)C1. The van der Waals surface area contributed by atoms with E-state index >= 15 is 0 Å². The van der Waals surface area contributed by atoms with Gasteiger partial charge >= 0.3 is 5.97 Å². The van der Waals surface area contributed by atoms with Crippen molar-refractivity contribution < 1.29 is 22.7 Å². The van der Waals surface area contributed by atoms with Crippen LogP contribution in [0.1, 0.15) is 32.3 Å². The number of nitrogens with zero attached hydrogens (tertiary/aromatic N) is 1. The Morgan fingerprint density at radius 3 is 2.58 bits per heavy atom. The summed E-state index contributed by atoms with van der Waals surface area (Å²) in [6.45, 7) is 3.42. The van der Waals surface area contributed by atoms with Crippen molar-refractivity contribution in [1.82, 2.24) is 4.90 Å². The molecule has 2 atom stereocenters. The standard InChI is InChI=1S/C19H25NO5S/c1-3-15(2)20(17-11-12-26(23,24)14-17)18(21)13-25-19(22)10-9-16-7-5-4-6-8-16/h4-10,15,17H,3,11-14H2,1-2H3/b10-9+/t15-,17-/m0/s1. The molecule has 1 heterocycles. The van der Waals surface area contributed by atoms with Crippen LogP contribution in [0.25, 0.3) is 6.08 Å². The second kappa shape index (κ2) is 8.98. The maximum Gasteiger partial charge on any atom is 0.331 e. The van der Waals surface area contributed by atoms with Gasteiger partial charge in [-0.25, -0.2) is 13.2 Å². The lowest BCUT2D eigenvalue weighted by atomic mass is 10.1. The molecule has 0 aliphatic carbocycles. The van der Waals surface area contributed by atoms with E-state index in [9.17, 15) is 18.0 Å². The Balaban J connectivity index is 1.94. The monoisotopic (exact) mass is 379 g/mol. The number of hydrogen-bond donors (Lipinski definition) is 0. The molecule has 0 N–H and O–H groups in total. The molecule has 0 radical (unpaired) electrons. The number of benzene rings is 1. The van der Waals surface area contributed by atoms with Gasteiger partial charge in [-0.05, 0) is 31.4 Å². The highest BCUT2D eigenvalue weighted by Gasteiger charge is 2.36. The van der Waals surface area contributed by atoms with E-state index in [1.807, 2.05) is 44.2 Å². The van der Waals surface area contributed by atoms with Gasteiger partial charge in [-0.2, -0.15) is 0 Å². The largest absolute Gasteiger partial charge is 0.452 e. The fourth-order valence-electron chi connectivity index (χ4n) is 2.98. The molecule has 0 spiro atoms. The van der Waals surface area contributed by atoms with E-state index in [0.717, 1.165) is 5.56 Å². The number of ether oxygens (including phenoxy) is 1. The highest BCUT2D eigenvalue weighted by atomic mass is 32.2. The number of amides is 1. The Bertz CT molecular complexity index is 757. The minimum atomic E-state index is -3.10. The van der Waals surface area contributed by atoms with Crippen LogP contribution in [0.3, 0.4) is 0 Å². The second-order valence-corrected chi connectivity index (χ2v) is 8.70. The van der Waals surface area contributed by atoms with Gasteiger partial charge in [-0.3, -0.25) is 4.79 Å². The molecule has 1 aromatic carbocycles. The molecule has 0 aromatic heterocycles. The van der Waals surface area contributed by atoms with Crippen LogP contribution in [0.5, 0.6) is 0 Å². The van der Waals surface area contributed by atoms with Crippen LogP contribution in [-0.4, -0.2) is 55.4 Å². The quantitative estimate of drug-likeness (QED) is 0.535. The van der Waals surface area contributed by atoms with E-state index in [0.29, 0.717) is 12.8 Å². The van der Waals surface area contributed by atoms with E-state index in [-0.39, 0.29) is 29.5 Å². The Morgan fingerprint density at radius 1 is 1.31 bits per heavy atom. The van der Waals surface area contributed by atoms with Gasteiger partial charge < -0.3 is 9.64 Å². The number of carbonyl (C=O) groups excluding carboxylic acids is 2. The van der Waals surface area contributed by atoms with Crippen LogP contribution >= 0.6 is 0 Å². The van der Waals surface area contributed by atoms with Crippen LogP contribution < -0.4 is 0 Å². The van der Waals surface area contributed by atoms with Crippen LogP contribution in [0, 0.1) is 0 Å². The van der Waals surface area contributed by atoms with Crippen LogP contribution in [-0.2, 0) is 24.2 Å². The van der Waals surface area contributed by atoms with Gasteiger partial charge in [-0.1, -0.05) is 37.3 Å². The van der Waals surface area contributed by atoms with E-state index in [2.05, 4.69) is 0 Å². The molecule has 1 aliphatic heterocycles. The minimum absolute atomic E-state index is 0.0229. The third-order valence-corrected chi connectivity index (χ3v) is 6.26. The summed E-state index contributed by atoms with van der Waals surface area (Å²) in [4.78, 5) is 25.9. The Hall–Kier alpha value is -2.15. The van der Waals surface area contributed by atoms with Crippen molar-refractivity contribution in [2.24, 2.45) is 0 Å². The average molecular weight is 379 g/mol. The van der Waals surface area contributed by atoms with Crippen molar-refractivity contribution in [2.75, 3.05) is 18.1 Å². The van der Waals surface area contributed by atoms with Crippen molar-refractivity contribution in [3.8, 4) is 0 Å². The second-order valence-electron chi connectivity index (χ2n) is 6.47. The van der Waals surface area contributed by atoms with Crippen LogP contribution in [0.2, 0.25) is 0 Å². The molecule has 0 saturated carbocycles. The highest BCUT2D eigenvalue weighted by Crippen LogP contribution is 2.21. The molecule has 26 heavy (non-hydrogen) atoms. The molecule has 6 nitrogen and oxygen atoms in total. The zero-order valence-corrected chi connectivity index (χ0v) is 15.9. The predicted molar refractivity (Wildman–Crippen MR) is 100 cm³/mol. The highest BCUT2D eigenvalue weighted by molar-refractivity contribution is 7.91. The minimum Gasteiger partial charge on any atom is -0.452 e. The van der Waals surface area contributed by atoms with Gasteiger partial charge in [0.1, 0.15) is 0 Å². The van der Waals surface area contributed by atoms with Crippen molar-refractivity contribution >= 4 is 27.8 Å². The normalized spacial score (nSPS) is 20.0. The summed E-state index contributed by atoms with van der Waals surface area (Å²) in [5.41, 5.74) is 0.855. The molecule has 1 saturated heterocycles. The lowest BCUT2D eigenvalue weighted by molar-refractivity contribution is -0.150. The third-order valence-electron chi connectivity index (χ3n) is 4.50.